The summed E-state index contributed by atoms with van der Waals surface area (Å²) >= 11 is 0. The number of amides is 1. The van der Waals surface area contributed by atoms with Crippen molar-refractivity contribution in [3.8, 4) is 0 Å². The van der Waals surface area contributed by atoms with Gasteiger partial charge in [-0.15, -0.1) is 0 Å². The number of carbonyl (C=O) groups excluding carboxylic acids is 3. The molecule has 1 aromatic carbocycles. The number of H-pyrrole nitrogens is 1. The summed E-state index contributed by atoms with van der Waals surface area (Å²) in [6.07, 6.45) is 3.58. The molecule has 1 amide bonds. The van der Waals surface area contributed by atoms with Gasteiger partial charge in [0.2, 0.25) is 5.95 Å². The van der Waals surface area contributed by atoms with Crippen LogP contribution in [-0.2, 0) is 37.2 Å². The molecule has 0 spiro atoms. The van der Waals surface area contributed by atoms with Crippen molar-refractivity contribution < 1.29 is 35.4 Å². The molecule has 3 rings (SSSR count). The van der Waals surface area contributed by atoms with Crippen molar-refractivity contribution in [1.29, 1.82) is 0 Å². The molecule has 0 saturated heterocycles. The maximum atomic E-state index is 12.5. The molecule has 2 heterocycles. The molecule has 0 bridgehead atoms. The zero-order chi connectivity index (χ0) is 24.0. The molecule has 3 N–H and O–H groups in total. The van der Waals surface area contributed by atoms with Crippen LogP contribution in [0.1, 0.15) is 35.8 Å². The molecule has 0 aliphatic carbocycles. The van der Waals surface area contributed by atoms with E-state index in [0.29, 0.717) is 23.8 Å². The quantitative estimate of drug-likeness (QED) is 0.277. The van der Waals surface area contributed by atoms with Crippen LogP contribution in [0.15, 0.2) is 35.3 Å². The second-order valence-electron chi connectivity index (χ2n) is 7.42. The Kier molecular flexibility index (Phi) is 11.3. The van der Waals surface area contributed by atoms with E-state index in [-0.39, 0.29) is 63.8 Å². The minimum Gasteiger partial charge on any atom is -0.542 e. The first-order valence-corrected chi connectivity index (χ1v) is 10.2. The molecule has 11 nitrogen and oxygen atoms in total. The normalized spacial score (nSPS) is 10.9. The monoisotopic (exact) mass is 649 g/mol. The molecule has 2 aromatic heterocycles. The molecular formula is C23H27N7O4W. The zero-order valence-electron chi connectivity index (χ0n) is 19.9. The number of hydrogen-bond acceptors (Lipinski definition) is 9. The second-order valence-corrected chi connectivity index (χ2v) is 7.42. The number of nitrogens with zero attached hydrogens (tertiary/aromatic N) is 4. The van der Waals surface area contributed by atoms with Crippen LogP contribution in [-0.4, -0.2) is 58.0 Å². The van der Waals surface area contributed by atoms with Gasteiger partial charge in [-0.3, -0.25) is 25.7 Å². The molecule has 184 valence electrons. The van der Waals surface area contributed by atoms with Gasteiger partial charge in [0, 0.05) is 25.3 Å². The van der Waals surface area contributed by atoms with E-state index in [0.717, 1.165) is 5.69 Å². The van der Waals surface area contributed by atoms with Crippen molar-refractivity contribution in [2.24, 2.45) is 0 Å². The van der Waals surface area contributed by atoms with Gasteiger partial charge in [0.05, 0.1) is 24.5 Å². The molecule has 1 unspecified atom stereocenters. The van der Waals surface area contributed by atoms with Crippen LogP contribution < -0.4 is 21.1 Å². The Morgan fingerprint density at radius 3 is 2.49 bits per heavy atom. The molecule has 0 aliphatic heterocycles. The molecule has 1 atom stereocenters. The number of nitrogens with one attached hydrogen (secondary N) is 3. The fourth-order valence-electron chi connectivity index (χ4n) is 3.17. The summed E-state index contributed by atoms with van der Waals surface area (Å²) in [7, 11) is 3.49. The third-order valence-electron chi connectivity index (χ3n) is 5.01. The summed E-state index contributed by atoms with van der Waals surface area (Å²) in [6.45, 7) is 1.74. The molecule has 0 saturated carbocycles. The van der Waals surface area contributed by atoms with Crippen LogP contribution in [0.4, 0.5) is 11.6 Å². The number of benzene rings is 1. The van der Waals surface area contributed by atoms with Crippen LogP contribution in [0, 0.1) is 7.43 Å². The number of Topliss-reactive ketones (excluding diaryl/α,β-unsaturated/α-hetero) is 1. The Labute approximate surface area is 217 Å². The maximum absolute atomic E-state index is 12.5. The van der Waals surface area contributed by atoms with E-state index in [9.17, 15) is 19.2 Å². The van der Waals surface area contributed by atoms with Crippen LogP contribution in [0.25, 0.3) is 11.2 Å². The van der Waals surface area contributed by atoms with Gasteiger partial charge in [0.1, 0.15) is 0 Å². The summed E-state index contributed by atoms with van der Waals surface area (Å²) < 4.78 is 0. The first kappa shape index (κ1) is 29.6. The van der Waals surface area contributed by atoms with Crippen LogP contribution in [0.3, 0.4) is 0 Å². The molecular weight excluding hydrogens is 622 g/mol. The van der Waals surface area contributed by atoms with E-state index in [2.05, 4.69) is 30.6 Å². The minimum atomic E-state index is -0.727. The van der Waals surface area contributed by atoms with Crippen molar-refractivity contribution in [3.63, 3.8) is 0 Å². The first-order valence-electron chi connectivity index (χ1n) is 10.2. The summed E-state index contributed by atoms with van der Waals surface area (Å²) in [5.74, 6) is -0.307. The predicted molar refractivity (Wildman–Crippen MR) is 129 cm³/mol. The summed E-state index contributed by atoms with van der Waals surface area (Å²) in [5, 5.41) is 5.41. The average molecular weight is 649 g/mol. The third kappa shape index (κ3) is 7.51. The smallest absolute Gasteiger partial charge is 0.542 e. The molecule has 0 radical (unpaired) electrons. The number of anilines is 2. The fourth-order valence-corrected chi connectivity index (χ4v) is 3.17. The Morgan fingerprint density at radius 1 is 1.20 bits per heavy atom. The summed E-state index contributed by atoms with van der Waals surface area (Å²) in [5.41, 5.74) is 1.79. The summed E-state index contributed by atoms with van der Waals surface area (Å²) in [4.78, 5) is 64.1. The Bertz CT molecular complexity index is 1230. The molecule has 3 aromatic rings. The second kappa shape index (κ2) is 13.4. The topological polar surface area (TPSA) is 150 Å². The van der Waals surface area contributed by atoms with Gasteiger partial charge < -0.3 is 27.8 Å². The molecule has 35 heavy (non-hydrogen) atoms. The number of hydrogen-bond donors (Lipinski definition) is 3. The predicted octanol–water partition coefficient (Wildman–Crippen LogP) is 1.42. The molecule has 12 heteroatoms. The van der Waals surface area contributed by atoms with Crippen molar-refractivity contribution in [3.05, 3.63) is 59.5 Å². The van der Waals surface area contributed by atoms with Crippen molar-refractivity contribution in [2.45, 2.75) is 32.4 Å². The number of carbonyl (C=O) groups is 2. The van der Waals surface area contributed by atoms with Crippen molar-refractivity contribution >= 4 is 40.8 Å². The van der Waals surface area contributed by atoms with E-state index in [1.54, 1.807) is 43.8 Å². The van der Waals surface area contributed by atoms with Gasteiger partial charge >= 0.3 is 21.1 Å². The SMILES string of the molecule is CNc1nc2ncc(CN(C)c3ccc(C(=O)NC(CC[C-]=O)C(C)=O)cc3)nc2c(=O)[nH]1.[CH3-].[W+2]. The summed E-state index contributed by atoms with van der Waals surface area (Å²) in [6, 6.07) is 6.08. The number of fused-ring (bicyclic) bond motifs is 1. The van der Waals surface area contributed by atoms with E-state index in [1.807, 2.05) is 11.9 Å². The number of ketones is 1. The number of rotatable bonds is 10. The van der Waals surface area contributed by atoms with Gasteiger partial charge in [-0.25, -0.2) is 9.97 Å². The minimum absolute atomic E-state index is 0. The Morgan fingerprint density at radius 2 is 1.89 bits per heavy atom. The van der Waals surface area contributed by atoms with Gasteiger partial charge in [-0.05, 0) is 37.6 Å². The maximum Gasteiger partial charge on any atom is 2.00 e. The average Bonchev–Trinajstić information content (AvgIpc) is 2.81. The fraction of sp³-hybridized carbons (Fsp3) is 0.304. The molecule has 0 fully saturated rings. The Hall–Kier alpha value is -3.46. The zero-order valence-corrected chi connectivity index (χ0v) is 22.8. The first-order chi connectivity index (χ1) is 15.8. The van der Waals surface area contributed by atoms with Crippen molar-refractivity contribution in [2.75, 3.05) is 24.3 Å². The third-order valence-corrected chi connectivity index (χ3v) is 5.01. The van der Waals surface area contributed by atoms with E-state index < -0.39 is 11.9 Å². The molecule has 0 aliphatic rings. The number of aromatic amines is 1. The van der Waals surface area contributed by atoms with E-state index >= 15 is 0 Å². The Balaban J connectivity index is 0.00000306. The van der Waals surface area contributed by atoms with Gasteiger partial charge in [0.25, 0.3) is 11.5 Å². The van der Waals surface area contributed by atoms with Gasteiger partial charge in [-0.2, -0.15) is 11.4 Å². The van der Waals surface area contributed by atoms with Gasteiger partial charge in [0.15, 0.2) is 16.9 Å². The van der Waals surface area contributed by atoms with Crippen LogP contribution in [0.2, 0.25) is 0 Å². The largest absolute Gasteiger partial charge is 2.00 e. The number of aromatic nitrogens is 4. The van der Waals surface area contributed by atoms with Crippen LogP contribution in [0.5, 0.6) is 0 Å². The van der Waals surface area contributed by atoms with Gasteiger partial charge in [-0.1, -0.05) is 0 Å². The van der Waals surface area contributed by atoms with Crippen LogP contribution >= 0.6 is 0 Å². The standard InChI is InChI=1S/C22H24N7O4.CH3.W/c1-13(31)17(5-4-10-30)26-20(32)14-6-8-16(9-7-14)29(3)12-15-11-24-19-18(25-15)21(33)28-22(23-2)27-19;;/h6-9,11,17H,4-5,12H2,1-3H3,(H,26,32)(H2,23,24,27,28,33);1H3;/q2*-1;+2. The van der Waals surface area contributed by atoms with E-state index in [4.69, 9.17) is 0 Å². The van der Waals surface area contributed by atoms with E-state index in [1.165, 1.54) is 6.92 Å². The van der Waals surface area contributed by atoms with Crippen molar-refractivity contribution in [1.82, 2.24) is 25.3 Å².